The van der Waals surface area contributed by atoms with Crippen molar-refractivity contribution in [2.24, 2.45) is 4.99 Å². The van der Waals surface area contributed by atoms with E-state index in [2.05, 4.69) is 51.6 Å². The number of nitrogens with one attached hydrogen (secondary N) is 4. The molecule has 1 aliphatic rings. The summed E-state index contributed by atoms with van der Waals surface area (Å²) in [6, 6.07) is 31.9. The Morgan fingerprint density at radius 2 is 1.67 bits per heavy atom. The maximum Gasteiger partial charge on any atom is 0.255 e. The number of hydrogen-bond acceptors (Lipinski definition) is 5. The third kappa shape index (κ3) is 5.14. The second-order valence-corrected chi connectivity index (χ2v) is 8.79. The highest BCUT2D eigenvalue weighted by molar-refractivity contribution is 6.17. The highest BCUT2D eigenvalue weighted by Gasteiger charge is 2.21. The van der Waals surface area contributed by atoms with Crippen LogP contribution >= 0.6 is 0 Å². The molecular weight excluding hydrogens is 446 g/mol. The number of aliphatic imine (C=N–C) groups is 1. The predicted molar refractivity (Wildman–Crippen MR) is 148 cm³/mol. The van der Waals surface area contributed by atoms with Crippen LogP contribution in [0.25, 0.3) is 0 Å². The van der Waals surface area contributed by atoms with Gasteiger partial charge in [0.05, 0.1) is 5.71 Å². The fraction of sp³-hybridized carbons (Fsp3) is 0.133. The van der Waals surface area contributed by atoms with Crippen LogP contribution in [0.4, 0.5) is 17.1 Å². The van der Waals surface area contributed by atoms with Gasteiger partial charge < -0.3 is 21.3 Å². The standard InChI is InChI=1S/C30H29N5O/c1-20-12-13-21(19-31-2)18-27(20)33-29(36)23-14-16-24(17-15-23)32-30-34-26-11-7-6-10-25(26)28(35-30)22-8-4-3-5-9-22/h3-18,30-32,34H,19H2,1-2H3,(H,33,36). The Morgan fingerprint density at radius 3 is 2.44 bits per heavy atom. The summed E-state index contributed by atoms with van der Waals surface area (Å²) in [5.74, 6) is -0.139. The molecule has 0 aromatic heterocycles. The van der Waals surface area contributed by atoms with Crippen LogP contribution in [0, 0.1) is 6.92 Å². The Kier molecular flexibility index (Phi) is 6.78. The number of carbonyl (C=O) groups is 1. The first kappa shape index (κ1) is 23.3. The van der Waals surface area contributed by atoms with Gasteiger partial charge in [-0.15, -0.1) is 0 Å². The normalized spacial score (nSPS) is 14.3. The molecule has 6 nitrogen and oxygen atoms in total. The lowest BCUT2D eigenvalue weighted by atomic mass is 9.99. The van der Waals surface area contributed by atoms with Gasteiger partial charge in [-0.2, -0.15) is 0 Å². The lowest BCUT2D eigenvalue weighted by Crippen LogP contribution is -2.32. The molecule has 0 aliphatic carbocycles. The molecule has 0 fully saturated rings. The summed E-state index contributed by atoms with van der Waals surface area (Å²) >= 11 is 0. The molecule has 4 N–H and O–H groups in total. The van der Waals surface area contributed by atoms with Gasteiger partial charge in [-0.05, 0) is 61.5 Å². The zero-order valence-corrected chi connectivity index (χ0v) is 20.4. The molecule has 1 aliphatic heterocycles. The van der Waals surface area contributed by atoms with Crippen LogP contribution in [0.5, 0.6) is 0 Å². The number of fused-ring (bicyclic) bond motifs is 1. The number of amides is 1. The molecule has 1 atom stereocenters. The molecule has 36 heavy (non-hydrogen) atoms. The van der Waals surface area contributed by atoms with Crippen molar-refractivity contribution >= 4 is 28.7 Å². The van der Waals surface area contributed by atoms with Crippen LogP contribution in [0.2, 0.25) is 0 Å². The van der Waals surface area contributed by atoms with Crippen molar-refractivity contribution in [2.45, 2.75) is 19.8 Å². The van der Waals surface area contributed by atoms with E-state index in [4.69, 9.17) is 4.99 Å². The van der Waals surface area contributed by atoms with E-state index in [9.17, 15) is 4.79 Å². The van der Waals surface area contributed by atoms with E-state index in [0.29, 0.717) is 5.56 Å². The van der Waals surface area contributed by atoms with Crippen LogP contribution in [0.3, 0.4) is 0 Å². The van der Waals surface area contributed by atoms with E-state index in [-0.39, 0.29) is 12.2 Å². The highest BCUT2D eigenvalue weighted by atomic mass is 16.1. The second-order valence-electron chi connectivity index (χ2n) is 8.79. The van der Waals surface area contributed by atoms with Crippen molar-refractivity contribution in [3.63, 3.8) is 0 Å². The predicted octanol–water partition coefficient (Wildman–Crippen LogP) is 5.63. The maximum atomic E-state index is 12.9. The molecule has 0 saturated carbocycles. The summed E-state index contributed by atoms with van der Waals surface area (Å²) in [6.07, 6.45) is -0.340. The minimum atomic E-state index is -0.340. The van der Waals surface area contributed by atoms with Crippen molar-refractivity contribution in [2.75, 3.05) is 23.0 Å². The van der Waals surface area contributed by atoms with Crippen LogP contribution in [-0.4, -0.2) is 25.0 Å². The van der Waals surface area contributed by atoms with Gasteiger partial charge in [-0.1, -0.05) is 60.7 Å². The molecule has 1 unspecified atom stereocenters. The molecule has 4 aromatic rings. The van der Waals surface area contributed by atoms with Crippen molar-refractivity contribution in [1.29, 1.82) is 0 Å². The summed E-state index contributed by atoms with van der Waals surface area (Å²) < 4.78 is 0. The van der Waals surface area contributed by atoms with E-state index in [1.807, 2.05) is 80.7 Å². The van der Waals surface area contributed by atoms with Crippen molar-refractivity contribution < 1.29 is 4.79 Å². The Labute approximate surface area is 211 Å². The average Bonchev–Trinajstić information content (AvgIpc) is 2.91. The van der Waals surface area contributed by atoms with E-state index in [1.54, 1.807) is 0 Å². The number of anilines is 3. The van der Waals surface area contributed by atoms with E-state index < -0.39 is 0 Å². The van der Waals surface area contributed by atoms with Gasteiger partial charge in [0.2, 0.25) is 0 Å². The number of nitrogens with zero attached hydrogens (tertiary/aromatic N) is 1. The Bertz CT molecular complexity index is 1400. The van der Waals surface area contributed by atoms with Gasteiger partial charge in [0.25, 0.3) is 5.91 Å². The van der Waals surface area contributed by atoms with E-state index >= 15 is 0 Å². The fourth-order valence-corrected chi connectivity index (χ4v) is 4.28. The van der Waals surface area contributed by atoms with Gasteiger partial charge in [0, 0.05) is 40.3 Å². The molecule has 1 heterocycles. The largest absolute Gasteiger partial charge is 0.347 e. The highest BCUT2D eigenvalue weighted by Crippen LogP contribution is 2.26. The van der Waals surface area contributed by atoms with Crippen molar-refractivity contribution in [1.82, 2.24) is 5.32 Å². The molecule has 1 amide bonds. The number of carbonyl (C=O) groups excluding carboxylic acids is 1. The summed E-state index contributed by atoms with van der Waals surface area (Å²) in [4.78, 5) is 17.8. The summed E-state index contributed by atoms with van der Waals surface area (Å²) in [6.45, 7) is 2.74. The molecule has 5 rings (SSSR count). The third-order valence-corrected chi connectivity index (χ3v) is 6.16. The van der Waals surface area contributed by atoms with Crippen molar-refractivity contribution in [3.05, 3.63) is 125 Å². The molecule has 0 bridgehead atoms. The Hall–Kier alpha value is -4.42. The van der Waals surface area contributed by atoms with Gasteiger partial charge in [-0.3, -0.25) is 4.79 Å². The third-order valence-electron chi connectivity index (χ3n) is 6.16. The van der Waals surface area contributed by atoms with Gasteiger partial charge in [-0.25, -0.2) is 4.99 Å². The minimum absolute atomic E-state index is 0.139. The Balaban J connectivity index is 1.31. The van der Waals surface area contributed by atoms with Gasteiger partial charge in [0.15, 0.2) is 6.29 Å². The lowest BCUT2D eigenvalue weighted by molar-refractivity contribution is 0.102. The zero-order chi connectivity index (χ0) is 24.9. The number of aryl methyl sites for hydroxylation is 1. The van der Waals surface area contributed by atoms with Crippen LogP contribution in [0.1, 0.15) is 32.6 Å². The molecule has 6 heteroatoms. The molecule has 0 saturated heterocycles. The van der Waals surface area contributed by atoms with Crippen LogP contribution < -0.4 is 21.3 Å². The summed E-state index contributed by atoms with van der Waals surface area (Å²) in [5, 5.41) is 13.1. The number of para-hydroxylation sites is 1. The number of benzene rings is 4. The average molecular weight is 476 g/mol. The van der Waals surface area contributed by atoms with E-state index in [1.165, 1.54) is 0 Å². The summed E-state index contributed by atoms with van der Waals surface area (Å²) in [5.41, 5.74) is 8.53. The first-order chi connectivity index (χ1) is 17.6. The molecule has 180 valence electrons. The van der Waals surface area contributed by atoms with Gasteiger partial charge in [0.1, 0.15) is 0 Å². The fourth-order valence-electron chi connectivity index (χ4n) is 4.28. The maximum absolute atomic E-state index is 12.9. The number of rotatable bonds is 7. The second kappa shape index (κ2) is 10.5. The quantitative estimate of drug-likeness (QED) is 0.280. The smallest absolute Gasteiger partial charge is 0.255 e. The van der Waals surface area contributed by atoms with Crippen LogP contribution in [-0.2, 0) is 6.54 Å². The monoisotopic (exact) mass is 475 g/mol. The Morgan fingerprint density at radius 1 is 0.917 bits per heavy atom. The van der Waals surface area contributed by atoms with Crippen molar-refractivity contribution in [3.8, 4) is 0 Å². The van der Waals surface area contributed by atoms with E-state index in [0.717, 1.165) is 51.6 Å². The topological polar surface area (TPSA) is 77.5 Å². The first-order valence-corrected chi connectivity index (χ1v) is 12.0. The lowest BCUT2D eigenvalue weighted by Gasteiger charge is -2.27. The molecular formula is C30H29N5O. The van der Waals surface area contributed by atoms with Gasteiger partial charge >= 0.3 is 0 Å². The first-order valence-electron chi connectivity index (χ1n) is 12.0. The number of hydrogen-bond donors (Lipinski definition) is 4. The minimum Gasteiger partial charge on any atom is -0.347 e. The molecule has 4 aromatic carbocycles. The molecule has 0 radical (unpaired) electrons. The SMILES string of the molecule is CNCc1ccc(C)c(NC(=O)c2ccc(NC3N=C(c4ccccc4)c4ccccc4N3)cc2)c1. The molecule has 0 spiro atoms. The summed E-state index contributed by atoms with van der Waals surface area (Å²) in [7, 11) is 1.91. The van der Waals surface area contributed by atoms with Crippen LogP contribution in [0.15, 0.2) is 102 Å². The zero-order valence-electron chi connectivity index (χ0n) is 20.4.